The van der Waals surface area contributed by atoms with Crippen LogP contribution >= 0.6 is 15.6 Å². The average molecular weight is 1340 g/mol. The molecule has 17 nitrogen and oxygen atoms in total. The van der Waals surface area contributed by atoms with Crippen molar-refractivity contribution in [1.82, 2.24) is 0 Å². The van der Waals surface area contributed by atoms with Gasteiger partial charge in [0, 0.05) is 25.7 Å². The van der Waals surface area contributed by atoms with Gasteiger partial charge in [-0.25, -0.2) is 9.13 Å². The zero-order valence-corrected chi connectivity index (χ0v) is 60.6. The summed E-state index contributed by atoms with van der Waals surface area (Å²) in [6.45, 7) is 11.7. The van der Waals surface area contributed by atoms with Crippen LogP contribution in [0.5, 0.6) is 0 Å². The molecule has 0 aliphatic rings. The summed E-state index contributed by atoms with van der Waals surface area (Å²) in [5, 5.41) is 10.6. The number of hydrogen-bond acceptors (Lipinski definition) is 15. The molecule has 3 N–H and O–H groups in total. The molecule has 0 aromatic rings. The molecule has 19 heteroatoms. The van der Waals surface area contributed by atoms with E-state index >= 15 is 0 Å². The molecule has 0 aromatic heterocycles. The van der Waals surface area contributed by atoms with Crippen molar-refractivity contribution >= 4 is 39.5 Å². The number of unbranched alkanes of at least 4 members (excludes halogenated alkanes) is 33. The Balaban J connectivity index is 5.28. The van der Waals surface area contributed by atoms with Crippen LogP contribution < -0.4 is 0 Å². The Labute approximate surface area is 554 Å². The summed E-state index contributed by atoms with van der Waals surface area (Å²) in [6.07, 6.45) is 49.5. The summed E-state index contributed by atoms with van der Waals surface area (Å²) in [5.41, 5.74) is 0. The van der Waals surface area contributed by atoms with Gasteiger partial charge in [-0.15, -0.1) is 0 Å². The van der Waals surface area contributed by atoms with E-state index in [2.05, 4.69) is 72.8 Å². The highest BCUT2D eigenvalue weighted by Gasteiger charge is 2.30. The van der Waals surface area contributed by atoms with E-state index in [1.807, 2.05) is 0 Å². The van der Waals surface area contributed by atoms with Gasteiger partial charge >= 0.3 is 39.5 Å². The summed E-state index contributed by atoms with van der Waals surface area (Å²) >= 11 is 0. The number of rotatable bonds is 68. The van der Waals surface area contributed by atoms with Crippen molar-refractivity contribution in [2.24, 2.45) is 17.8 Å². The van der Waals surface area contributed by atoms with E-state index < -0.39 is 97.5 Å². The van der Waals surface area contributed by atoms with Gasteiger partial charge in [0.1, 0.15) is 19.3 Å². The van der Waals surface area contributed by atoms with Crippen molar-refractivity contribution in [2.45, 2.75) is 356 Å². The lowest BCUT2D eigenvalue weighted by Crippen LogP contribution is -2.30. The molecule has 0 saturated carbocycles. The normalized spacial score (nSPS) is 14.3. The van der Waals surface area contributed by atoms with Crippen molar-refractivity contribution in [3.63, 3.8) is 0 Å². The van der Waals surface area contributed by atoms with Gasteiger partial charge in [0.05, 0.1) is 26.4 Å². The molecule has 0 aliphatic heterocycles. The summed E-state index contributed by atoms with van der Waals surface area (Å²) in [6, 6.07) is 0. The largest absolute Gasteiger partial charge is 0.472 e. The molecule has 0 rings (SSSR count). The molecular weight excluding hydrogens is 1200 g/mol. The number of phosphoric acid groups is 2. The van der Waals surface area contributed by atoms with Gasteiger partial charge in [0.2, 0.25) is 0 Å². The van der Waals surface area contributed by atoms with Crippen LogP contribution in [0.15, 0.2) is 24.3 Å². The van der Waals surface area contributed by atoms with Gasteiger partial charge in [-0.05, 0) is 69.1 Å². The number of esters is 4. The molecule has 0 bridgehead atoms. The Kier molecular flexibility index (Phi) is 60.7. The summed E-state index contributed by atoms with van der Waals surface area (Å²) in [4.78, 5) is 72.6. The van der Waals surface area contributed by atoms with Crippen LogP contribution in [0, 0.1) is 17.8 Å². The standard InChI is InChI=1S/C72H136O17P2/c1-8-9-10-11-12-13-14-15-16-17-21-26-31-39-46-53-69(74)82-59-67(88-71(76)55-48-41-32-27-22-19-18-20-24-29-36-43-50-63(2)3)61-86-90(78,79)84-57-66(73)58-85-91(80,81)87-62-68(60-83-70(75)54-47-40-35-34-38-45-52-65(6)7)89-72(77)56-49-42-33-28-23-25-30-37-44-51-64(4)5/h13-16,63-68,73H,8-12,17-62H2,1-7H3,(H,78,79)(H,80,81)/b14-13-,16-15-/t66-,67-,68-/m1/s1. The van der Waals surface area contributed by atoms with Gasteiger partial charge in [-0.3, -0.25) is 37.3 Å². The SMILES string of the molecule is CCCCCC/C=C\C=C/CCCCCCCC(=O)OC[C@H](COP(=O)(O)OC[C@@H](O)COP(=O)(O)OC[C@@H](COC(=O)CCCCCCCCC(C)C)OC(=O)CCCCCCCCCCCC(C)C)OC(=O)CCCCCCCCCCCCCCC(C)C. The first-order chi connectivity index (χ1) is 43.7. The van der Waals surface area contributed by atoms with Crippen LogP contribution in [0.2, 0.25) is 0 Å². The molecule has 0 amide bonds. The van der Waals surface area contributed by atoms with E-state index in [0.717, 1.165) is 127 Å². The third-order valence-electron chi connectivity index (χ3n) is 16.0. The Morgan fingerprint density at radius 1 is 0.341 bits per heavy atom. The van der Waals surface area contributed by atoms with E-state index in [9.17, 15) is 43.2 Å². The van der Waals surface area contributed by atoms with Gasteiger partial charge < -0.3 is 33.8 Å². The van der Waals surface area contributed by atoms with Crippen LogP contribution in [-0.2, 0) is 65.4 Å². The highest BCUT2D eigenvalue weighted by molar-refractivity contribution is 7.47. The number of carbonyl (C=O) groups excluding carboxylic acids is 4. The van der Waals surface area contributed by atoms with Crippen molar-refractivity contribution in [3.8, 4) is 0 Å². The van der Waals surface area contributed by atoms with Crippen LogP contribution in [0.25, 0.3) is 0 Å². The quantitative estimate of drug-likeness (QED) is 0.0169. The summed E-state index contributed by atoms with van der Waals surface area (Å²) in [5.74, 6) is 0.0303. The second kappa shape index (κ2) is 62.4. The molecule has 0 saturated heterocycles. The number of phosphoric ester groups is 2. The second-order valence-corrected chi connectivity index (χ2v) is 29.6. The van der Waals surface area contributed by atoms with E-state index in [4.69, 9.17) is 37.0 Å². The lowest BCUT2D eigenvalue weighted by atomic mass is 10.0. The minimum atomic E-state index is -4.96. The van der Waals surface area contributed by atoms with Crippen molar-refractivity contribution < 1.29 is 80.2 Å². The third kappa shape index (κ3) is 66.0. The minimum Gasteiger partial charge on any atom is -0.462 e. The zero-order valence-electron chi connectivity index (χ0n) is 58.8. The van der Waals surface area contributed by atoms with E-state index in [1.165, 1.54) is 122 Å². The fourth-order valence-corrected chi connectivity index (χ4v) is 11.9. The number of allylic oxidation sites excluding steroid dienone is 4. The Morgan fingerprint density at radius 2 is 0.593 bits per heavy atom. The first-order valence-corrected chi connectivity index (χ1v) is 39.7. The second-order valence-electron chi connectivity index (χ2n) is 26.7. The molecule has 0 fully saturated rings. The maximum absolute atomic E-state index is 13.0. The predicted octanol–water partition coefficient (Wildman–Crippen LogP) is 20.2. The zero-order chi connectivity index (χ0) is 67.3. The molecule has 2 unspecified atom stereocenters. The minimum absolute atomic E-state index is 0.0994. The lowest BCUT2D eigenvalue weighted by molar-refractivity contribution is -0.161. The van der Waals surface area contributed by atoms with Crippen LogP contribution in [-0.4, -0.2) is 96.7 Å². The maximum atomic E-state index is 13.0. The van der Waals surface area contributed by atoms with Crippen molar-refractivity contribution in [2.75, 3.05) is 39.6 Å². The monoisotopic (exact) mass is 1330 g/mol. The first kappa shape index (κ1) is 88.5. The predicted molar refractivity (Wildman–Crippen MR) is 367 cm³/mol. The Bertz CT molecular complexity index is 1880. The van der Waals surface area contributed by atoms with Crippen molar-refractivity contribution in [3.05, 3.63) is 24.3 Å². The molecule has 0 heterocycles. The van der Waals surface area contributed by atoms with E-state index in [1.54, 1.807) is 0 Å². The maximum Gasteiger partial charge on any atom is 0.472 e. The summed E-state index contributed by atoms with van der Waals surface area (Å²) < 4.78 is 68.3. The first-order valence-electron chi connectivity index (χ1n) is 36.7. The van der Waals surface area contributed by atoms with Gasteiger partial charge in [-0.1, -0.05) is 285 Å². The Morgan fingerprint density at radius 3 is 0.890 bits per heavy atom. The third-order valence-corrected chi connectivity index (χ3v) is 17.9. The number of carbonyl (C=O) groups is 4. The average Bonchev–Trinajstić information content (AvgIpc) is 2.75. The fourth-order valence-electron chi connectivity index (χ4n) is 10.4. The van der Waals surface area contributed by atoms with E-state index in [0.29, 0.717) is 31.6 Å². The smallest absolute Gasteiger partial charge is 0.462 e. The number of aliphatic hydroxyl groups excluding tert-OH is 1. The molecule has 0 aromatic carbocycles. The van der Waals surface area contributed by atoms with Gasteiger partial charge in [0.25, 0.3) is 0 Å². The van der Waals surface area contributed by atoms with Crippen LogP contribution in [0.1, 0.15) is 337 Å². The summed E-state index contributed by atoms with van der Waals surface area (Å²) in [7, 11) is -9.92. The number of aliphatic hydroxyl groups is 1. The van der Waals surface area contributed by atoms with Gasteiger partial charge in [0.15, 0.2) is 12.2 Å². The molecule has 5 atom stereocenters. The van der Waals surface area contributed by atoms with Gasteiger partial charge in [-0.2, -0.15) is 0 Å². The molecule has 536 valence electrons. The Hall–Kier alpha value is -2.46. The highest BCUT2D eigenvalue weighted by atomic mass is 31.2. The fraction of sp³-hybridized carbons (Fsp3) is 0.889. The molecular formula is C72H136O17P2. The van der Waals surface area contributed by atoms with Crippen molar-refractivity contribution in [1.29, 1.82) is 0 Å². The van der Waals surface area contributed by atoms with Crippen LogP contribution in [0.4, 0.5) is 0 Å². The topological polar surface area (TPSA) is 237 Å². The lowest BCUT2D eigenvalue weighted by Gasteiger charge is -2.21. The highest BCUT2D eigenvalue weighted by Crippen LogP contribution is 2.45. The number of ether oxygens (including phenoxy) is 4. The molecule has 0 aliphatic carbocycles. The molecule has 91 heavy (non-hydrogen) atoms. The molecule has 0 radical (unpaired) electrons. The molecule has 0 spiro atoms. The van der Waals surface area contributed by atoms with E-state index in [-0.39, 0.29) is 25.7 Å². The van der Waals surface area contributed by atoms with Crippen LogP contribution in [0.3, 0.4) is 0 Å². The number of hydrogen-bond donors (Lipinski definition) is 3.